The normalized spacial score (nSPS) is 12.5. The molecule has 2 atom stereocenters. The van der Waals surface area contributed by atoms with Gasteiger partial charge in [0.05, 0.1) is 0 Å². The molecular weight excluding hydrogens is 612 g/mol. The highest BCUT2D eigenvalue weighted by Crippen LogP contribution is 2.16. The minimum absolute atomic E-state index is 0.0654. The van der Waals surface area contributed by atoms with Gasteiger partial charge in [0, 0.05) is 19.3 Å². The maximum absolute atomic E-state index is 12.6. The van der Waals surface area contributed by atoms with Crippen LogP contribution >= 0.6 is 0 Å². The summed E-state index contributed by atoms with van der Waals surface area (Å²) in [5, 5.41) is 0. The van der Waals surface area contributed by atoms with Crippen molar-refractivity contribution in [3.05, 3.63) is 0 Å². The molecule has 0 heterocycles. The first-order valence-electron chi connectivity index (χ1n) is 21.4. The molecule has 49 heavy (non-hydrogen) atoms. The van der Waals surface area contributed by atoms with Crippen LogP contribution in [0.5, 0.6) is 0 Å². The van der Waals surface area contributed by atoms with Gasteiger partial charge in [0.15, 0.2) is 6.10 Å². The van der Waals surface area contributed by atoms with Crippen molar-refractivity contribution in [2.75, 3.05) is 13.2 Å². The third-order valence-electron chi connectivity index (χ3n) is 9.90. The lowest BCUT2D eigenvalue weighted by Gasteiger charge is -2.18. The van der Waals surface area contributed by atoms with Crippen molar-refractivity contribution in [2.24, 2.45) is 5.92 Å². The van der Waals surface area contributed by atoms with Crippen LogP contribution in [0, 0.1) is 5.92 Å². The van der Waals surface area contributed by atoms with E-state index in [2.05, 4.69) is 27.7 Å². The highest BCUT2D eigenvalue weighted by molar-refractivity contribution is 5.71. The van der Waals surface area contributed by atoms with E-state index in [-0.39, 0.29) is 31.1 Å². The molecule has 0 saturated carbocycles. The summed E-state index contributed by atoms with van der Waals surface area (Å²) in [6, 6.07) is 0. The van der Waals surface area contributed by atoms with Crippen molar-refractivity contribution in [1.29, 1.82) is 0 Å². The van der Waals surface area contributed by atoms with E-state index in [0.29, 0.717) is 19.3 Å². The van der Waals surface area contributed by atoms with E-state index >= 15 is 0 Å². The lowest BCUT2D eigenvalue weighted by molar-refractivity contribution is -0.167. The second kappa shape index (κ2) is 37.7. The van der Waals surface area contributed by atoms with Crippen molar-refractivity contribution in [3.63, 3.8) is 0 Å². The third-order valence-corrected chi connectivity index (χ3v) is 9.90. The van der Waals surface area contributed by atoms with Gasteiger partial charge in [0.2, 0.25) is 0 Å². The Balaban J connectivity index is 4.26. The zero-order chi connectivity index (χ0) is 36.0. The molecule has 0 saturated heterocycles. The quantitative estimate of drug-likeness (QED) is 0.0364. The minimum atomic E-state index is -0.758. The van der Waals surface area contributed by atoms with Gasteiger partial charge in [-0.3, -0.25) is 14.4 Å². The molecule has 6 heteroatoms. The number of esters is 3. The maximum Gasteiger partial charge on any atom is 0.306 e. The van der Waals surface area contributed by atoms with Crippen LogP contribution in [0.15, 0.2) is 0 Å². The molecule has 0 aromatic carbocycles. The first-order valence-corrected chi connectivity index (χ1v) is 21.4. The van der Waals surface area contributed by atoms with Gasteiger partial charge in [-0.15, -0.1) is 0 Å². The topological polar surface area (TPSA) is 78.9 Å². The number of unbranched alkanes of at least 4 members (excludes halogenated alkanes) is 24. The first-order chi connectivity index (χ1) is 23.9. The summed E-state index contributed by atoms with van der Waals surface area (Å²) in [6.07, 6.45) is 35.3. The van der Waals surface area contributed by atoms with E-state index in [1.54, 1.807) is 0 Å². The van der Waals surface area contributed by atoms with Crippen LogP contribution < -0.4 is 0 Å². The maximum atomic E-state index is 12.6. The summed E-state index contributed by atoms with van der Waals surface area (Å²) < 4.78 is 16.6. The molecule has 0 radical (unpaired) electrons. The second-order valence-electron chi connectivity index (χ2n) is 14.9. The summed E-state index contributed by atoms with van der Waals surface area (Å²) in [7, 11) is 0. The first kappa shape index (κ1) is 47.4. The molecule has 0 fully saturated rings. The molecule has 0 aromatic heterocycles. The molecule has 0 aliphatic heterocycles. The largest absolute Gasteiger partial charge is 0.462 e. The van der Waals surface area contributed by atoms with E-state index in [9.17, 15) is 14.4 Å². The van der Waals surface area contributed by atoms with E-state index in [1.165, 1.54) is 128 Å². The van der Waals surface area contributed by atoms with E-state index in [0.717, 1.165) is 63.7 Å². The molecule has 0 rings (SSSR count). The molecule has 0 aliphatic carbocycles. The standard InChI is InChI=1S/C43H82O6/c1-5-8-10-12-14-15-16-17-18-19-20-22-26-30-34-41(44)47-37-40(49-43(46)36-32-28-21-13-11-9-6-2)38-48-42(45)35-31-27-24-23-25-29-33-39(4)7-3/h39-40H,5-38H2,1-4H3/t39?,40-/m0/s1. The highest BCUT2D eigenvalue weighted by atomic mass is 16.6. The Kier molecular flexibility index (Phi) is 36.4. The zero-order valence-corrected chi connectivity index (χ0v) is 33.1. The molecular formula is C43H82O6. The fraction of sp³-hybridized carbons (Fsp3) is 0.930. The molecule has 6 nitrogen and oxygen atoms in total. The lowest BCUT2D eigenvalue weighted by Crippen LogP contribution is -2.30. The molecule has 1 unspecified atom stereocenters. The summed E-state index contributed by atoms with van der Waals surface area (Å²) in [4.78, 5) is 37.4. The van der Waals surface area contributed by atoms with Gasteiger partial charge in [0.25, 0.3) is 0 Å². The van der Waals surface area contributed by atoms with Crippen molar-refractivity contribution in [2.45, 2.75) is 239 Å². The molecule has 0 N–H and O–H groups in total. The number of hydrogen-bond donors (Lipinski definition) is 0. The smallest absolute Gasteiger partial charge is 0.306 e. The molecule has 0 amide bonds. The minimum Gasteiger partial charge on any atom is -0.462 e. The Morgan fingerprint density at radius 1 is 0.408 bits per heavy atom. The second-order valence-corrected chi connectivity index (χ2v) is 14.9. The molecule has 0 aromatic rings. The van der Waals surface area contributed by atoms with Crippen LogP contribution in [0.1, 0.15) is 233 Å². The predicted molar refractivity (Wildman–Crippen MR) is 206 cm³/mol. The number of carbonyl (C=O) groups excluding carboxylic acids is 3. The average Bonchev–Trinajstić information content (AvgIpc) is 3.10. The predicted octanol–water partition coefficient (Wildman–Crippen LogP) is 13.2. The molecule has 0 aliphatic rings. The third kappa shape index (κ3) is 36.0. The Morgan fingerprint density at radius 3 is 1.06 bits per heavy atom. The van der Waals surface area contributed by atoms with Gasteiger partial charge in [0.1, 0.15) is 13.2 Å². The van der Waals surface area contributed by atoms with E-state index in [4.69, 9.17) is 14.2 Å². The van der Waals surface area contributed by atoms with Gasteiger partial charge in [-0.25, -0.2) is 0 Å². The van der Waals surface area contributed by atoms with Crippen LogP contribution in [0.2, 0.25) is 0 Å². The van der Waals surface area contributed by atoms with Crippen LogP contribution in [0.3, 0.4) is 0 Å². The lowest BCUT2D eigenvalue weighted by atomic mass is 10.00. The van der Waals surface area contributed by atoms with Crippen molar-refractivity contribution in [1.82, 2.24) is 0 Å². The molecule has 290 valence electrons. The fourth-order valence-electron chi connectivity index (χ4n) is 6.24. The van der Waals surface area contributed by atoms with Gasteiger partial charge in [-0.05, 0) is 25.2 Å². The number of carbonyl (C=O) groups is 3. The molecule has 0 spiro atoms. The number of ether oxygens (including phenoxy) is 3. The number of rotatable bonds is 38. The van der Waals surface area contributed by atoms with Gasteiger partial charge >= 0.3 is 17.9 Å². The van der Waals surface area contributed by atoms with Gasteiger partial charge < -0.3 is 14.2 Å². The van der Waals surface area contributed by atoms with Crippen molar-refractivity contribution >= 4 is 17.9 Å². The van der Waals surface area contributed by atoms with E-state index in [1.807, 2.05) is 0 Å². The summed E-state index contributed by atoms with van der Waals surface area (Å²) in [5.41, 5.74) is 0. The van der Waals surface area contributed by atoms with Gasteiger partial charge in [-0.1, -0.05) is 195 Å². The fourth-order valence-corrected chi connectivity index (χ4v) is 6.24. The molecule has 0 bridgehead atoms. The van der Waals surface area contributed by atoms with Crippen LogP contribution in [0.25, 0.3) is 0 Å². The van der Waals surface area contributed by atoms with Crippen LogP contribution in [-0.2, 0) is 28.6 Å². The Morgan fingerprint density at radius 2 is 0.714 bits per heavy atom. The highest BCUT2D eigenvalue weighted by Gasteiger charge is 2.19. The van der Waals surface area contributed by atoms with Crippen molar-refractivity contribution < 1.29 is 28.6 Å². The van der Waals surface area contributed by atoms with E-state index < -0.39 is 6.10 Å². The van der Waals surface area contributed by atoms with Crippen LogP contribution in [0.4, 0.5) is 0 Å². The Bertz CT molecular complexity index is 738. The summed E-state index contributed by atoms with van der Waals surface area (Å²) in [6.45, 7) is 8.91. The summed E-state index contributed by atoms with van der Waals surface area (Å²) >= 11 is 0. The average molecular weight is 695 g/mol. The monoisotopic (exact) mass is 695 g/mol. The van der Waals surface area contributed by atoms with Crippen LogP contribution in [-0.4, -0.2) is 37.2 Å². The van der Waals surface area contributed by atoms with Gasteiger partial charge in [-0.2, -0.15) is 0 Å². The SMILES string of the molecule is CCCCCCCCCCCCCCCCC(=O)OC[C@@H](COC(=O)CCCCCCCCC(C)CC)OC(=O)CCCCCCCCC. The Labute approximate surface area is 304 Å². The van der Waals surface area contributed by atoms with Crippen molar-refractivity contribution in [3.8, 4) is 0 Å². The Hall–Kier alpha value is -1.59. The number of hydrogen-bond acceptors (Lipinski definition) is 6. The summed E-state index contributed by atoms with van der Waals surface area (Å²) in [5.74, 6) is -0.0530. The zero-order valence-electron chi connectivity index (χ0n) is 33.1.